The molecule has 0 unspecified atom stereocenters. The van der Waals surface area contributed by atoms with E-state index in [-0.39, 0.29) is 60.3 Å². The van der Waals surface area contributed by atoms with Gasteiger partial charge in [-0.2, -0.15) is 11.3 Å². The van der Waals surface area contributed by atoms with Crippen molar-refractivity contribution < 1.29 is 69.2 Å². The van der Waals surface area contributed by atoms with Gasteiger partial charge in [0, 0.05) is 129 Å². The average molecular weight is 2210 g/mol. The molecular weight excluding hydrogens is 2110 g/mol. The summed E-state index contributed by atoms with van der Waals surface area (Å²) in [6, 6.07) is 82.8. The summed E-state index contributed by atoms with van der Waals surface area (Å²) in [7, 11) is -4.21. The first-order valence-corrected chi connectivity index (χ1v) is 53.3. The van der Waals surface area contributed by atoms with Gasteiger partial charge < -0.3 is 43.7 Å². The molecule has 0 amide bonds. The summed E-state index contributed by atoms with van der Waals surface area (Å²) in [6.07, 6.45) is 29.7. The molecule has 0 atom stereocenters. The van der Waals surface area contributed by atoms with Gasteiger partial charge in [-0.05, 0) is 202 Å². The van der Waals surface area contributed by atoms with Crippen LogP contribution in [0.3, 0.4) is 0 Å². The van der Waals surface area contributed by atoms with Crippen molar-refractivity contribution in [1.82, 2.24) is 44.9 Å². The minimum absolute atomic E-state index is 0. The van der Waals surface area contributed by atoms with E-state index in [9.17, 15) is 0 Å². The molecule has 3 aliphatic carbocycles. The van der Waals surface area contributed by atoms with Gasteiger partial charge in [-0.15, -0.1) is 167 Å². The van der Waals surface area contributed by atoms with Crippen molar-refractivity contribution in [2.45, 2.75) is 157 Å². The number of thiophene rings is 1. The second kappa shape index (κ2) is 40.4. The number of aryl methyl sites for hydroxylation is 3. The van der Waals surface area contributed by atoms with E-state index in [1.807, 2.05) is 166 Å². The second-order valence-electron chi connectivity index (χ2n) is 34.4. The summed E-state index contributed by atoms with van der Waals surface area (Å²) in [5.41, 5.74) is 27.8. The Morgan fingerprint density at radius 3 is 1.18 bits per heavy atom. The number of hydrogen-bond donors (Lipinski definition) is 0. The summed E-state index contributed by atoms with van der Waals surface area (Å²) in [6.45, 7) is 27.8. The van der Waals surface area contributed by atoms with E-state index in [0.717, 1.165) is 147 Å². The van der Waals surface area contributed by atoms with Crippen molar-refractivity contribution in [3.8, 4) is 67.5 Å². The molecule has 21 rings (SSSR count). The first kappa shape index (κ1) is 90.8. The Morgan fingerprint density at radius 2 is 0.748 bits per heavy atom. The van der Waals surface area contributed by atoms with E-state index >= 15 is 0 Å². The fourth-order valence-electron chi connectivity index (χ4n) is 16.8. The molecule has 6 aromatic carbocycles. The SMILES string of the molecule is C[Si](C)(C)c1cnc(-c2[c-]nc3sc4ccccc4c3c2)c2c1CCCC2.Cc1cc2c(oc3c[c-]c(-c4ncc([Si](C)(C)C)c5c4CCCC5)cc32)c(C)n1.Cc1ccc2c(n1)oc1c[c-]c(-c3ncc([Si](C)(C)C)c4c3CCCC4)cc12.[Ir].[Ir].[Ir].[c-]1ccccc1-c1ccccn1.[c-]1ccccc1-c1ccccn1.[c-]1ccccc1-c1ccccn1. The normalized spacial score (nSPS) is 12.8. The molecule has 12 aromatic heterocycles. The molecule has 123 heavy (non-hydrogen) atoms. The molecule has 627 valence electrons. The summed E-state index contributed by atoms with van der Waals surface area (Å²) in [4.78, 5) is 42.4. The number of aromatic nitrogens is 9. The number of rotatable bonds is 9. The molecule has 12 heterocycles. The van der Waals surface area contributed by atoms with Crippen LogP contribution in [0.4, 0.5) is 0 Å². The monoisotopic (exact) mass is 2210 g/mol. The average Bonchev–Trinajstić information content (AvgIpc) is 1.71. The first-order chi connectivity index (χ1) is 58.2. The third-order valence-electron chi connectivity index (χ3n) is 22.6. The largest absolute Gasteiger partial charge is 0.499 e. The van der Waals surface area contributed by atoms with Crippen LogP contribution < -0.4 is 15.6 Å². The maximum absolute atomic E-state index is 6.10. The molecule has 0 saturated heterocycles. The van der Waals surface area contributed by atoms with E-state index in [4.69, 9.17) is 23.8 Å². The molecule has 18 heteroatoms. The summed E-state index contributed by atoms with van der Waals surface area (Å²) >= 11 is 1.74. The number of pyridine rings is 9. The summed E-state index contributed by atoms with van der Waals surface area (Å²) < 4.78 is 13.3. The third-order valence-corrected chi connectivity index (χ3v) is 29.8. The molecule has 18 aromatic rings. The van der Waals surface area contributed by atoms with Crippen LogP contribution in [0.15, 0.2) is 246 Å². The first-order valence-electron chi connectivity index (χ1n) is 42.0. The van der Waals surface area contributed by atoms with E-state index in [2.05, 4.69) is 199 Å². The standard InChI is InChI=1S/C25H27N2OSi.C24H25N2OSi.C23H23N2SSi.3C11H8N.3Ir/c1-15-12-21-20-13-17(10-11-22(20)28-25(21)16(2)27-15)24-19-9-7-6-8-18(19)23(14-26-24)29(3,4)5;1-15-9-11-19-20-13-16(10-12-21(20)27-24(19)26-15)23-18-8-6-5-7-17(18)22(14-25-23)28(2,3)4;1-27(2,3)21-14-24-22(18-10-5-4-9-17(18)21)15-12-19-16-8-6-7-11-20(16)26-23(19)25-13-15;3*1-2-6-10(7-3-1)11-8-4-5-9-12-11;;;/h11-14H,6-9H2,1-5H3;9,11-14H,5-8H2,1-4H3;6-8,11-12,14H,4-5,9-10H2,1-3H3;3*1-6,8-9H;;;/q6*-1;;;. The molecular formula is C105H99Ir3N9O2SSi3-6. The van der Waals surface area contributed by atoms with E-state index in [1.165, 1.54) is 106 Å². The van der Waals surface area contributed by atoms with Gasteiger partial charge in [0.1, 0.15) is 5.58 Å². The Balaban J connectivity index is 0.000000131. The topological polar surface area (TPSA) is 142 Å². The predicted molar refractivity (Wildman–Crippen MR) is 505 cm³/mol. The van der Waals surface area contributed by atoms with Crippen LogP contribution in [0.5, 0.6) is 0 Å². The molecule has 0 fully saturated rings. The van der Waals surface area contributed by atoms with Gasteiger partial charge in [-0.1, -0.05) is 163 Å². The zero-order valence-electron chi connectivity index (χ0n) is 71.8. The van der Waals surface area contributed by atoms with Crippen molar-refractivity contribution >= 4 is 115 Å². The molecule has 0 bridgehead atoms. The fourth-order valence-corrected chi connectivity index (χ4v) is 22.7. The minimum atomic E-state index is -1.41. The van der Waals surface area contributed by atoms with Crippen molar-refractivity contribution in [3.63, 3.8) is 0 Å². The number of hydrogen-bond acceptors (Lipinski definition) is 12. The maximum atomic E-state index is 6.10. The van der Waals surface area contributed by atoms with E-state index < -0.39 is 24.2 Å². The Morgan fingerprint density at radius 1 is 0.341 bits per heavy atom. The molecule has 0 spiro atoms. The van der Waals surface area contributed by atoms with Gasteiger partial charge in [0.2, 0.25) is 5.71 Å². The number of fused-ring (bicyclic) bond motifs is 12. The number of nitrogens with zero attached hydrogens (tertiary/aromatic N) is 9. The van der Waals surface area contributed by atoms with Crippen LogP contribution in [0.2, 0.25) is 58.9 Å². The van der Waals surface area contributed by atoms with Gasteiger partial charge >= 0.3 is 0 Å². The van der Waals surface area contributed by atoms with Crippen LogP contribution in [-0.4, -0.2) is 69.1 Å². The van der Waals surface area contributed by atoms with Crippen LogP contribution in [0, 0.1) is 57.3 Å². The van der Waals surface area contributed by atoms with Gasteiger partial charge in [0.15, 0.2) is 0 Å². The minimum Gasteiger partial charge on any atom is -0.499 e. The molecule has 3 aliphatic rings. The Labute approximate surface area is 771 Å². The Hall–Kier alpha value is -9.91. The van der Waals surface area contributed by atoms with Gasteiger partial charge in [-0.25, -0.2) is 4.98 Å². The van der Waals surface area contributed by atoms with Crippen LogP contribution >= 0.6 is 11.3 Å². The number of furan rings is 2. The molecule has 0 aliphatic heterocycles. The molecule has 0 saturated carbocycles. The van der Waals surface area contributed by atoms with Crippen LogP contribution in [0.1, 0.15) is 89.0 Å². The van der Waals surface area contributed by atoms with Crippen molar-refractivity contribution in [1.29, 1.82) is 0 Å². The zero-order valence-corrected chi connectivity index (χ0v) is 82.8. The maximum Gasteiger partial charge on any atom is 0.216 e. The fraction of sp³-hybridized carbons (Fsp3) is 0.229. The quantitative estimate of drug-likeness (QED) is 0.101. The predicted octanol–water partition coefficient (Wildman–Crippen LogP) is 24.8. The van der Waals surface area contributed by atoms with Crippen LogP contribution in [0.25, 0.3) is 132 Å². The van der Waals surface area contributed by atoms with Crippen LogP contribution in [-0.2, 0) is 98.8 Å². The molecule has 3 radical (unpaired) electrons. The summed E-state index contributed by atoms with van der Waals surface area (Å²) in [5.74, 6) is 0. The molecule has 11 nitrogen and oxygen atoms in total. The van der Waals surface area contributed by atoms with Crippen molar-refractivity contribution in [3.05, 3.63) is 324 Å². The van der Waals surface area contributed by atoms with E-state index in [0.29, 0.717) is 5.71 Å². The van der Waals surface area contributed by atoms with Gasteiger partial charge in [0.05, 0.1) is 41.1 Å². The van der Waals surface area contributed by atoms with Crippen molar-refractivity contribution in [2.75, 3.05) is 0 Å². The zero-order chi connectivity index (χ0) is 83.1. The second-order valence-corrected chi connectivity index (χ2v) is 50.5. The van der Waals surface area contributed by atoms with Gasteiger partial charge in [-0.3, -0.25) is 4.98 Å². The Bertz CT molecular complexity index is 6370. The summed E-state index contributed by atoms with van der Waals surface area (Å²) in [5, 5.41) is 11.5. The smallest absolute Gasteiger partial charge is 0.216 e. The molecule has 0 N–H and O–H groups in total. The third kappa shape index (κ3) is 20.9. The van der Waals surface area contributed by atoms with Gasteiger partial charge in [0.25, 0.3) is 0 Å². The Kier molecular flexibility index (Phi) is 29.8. The van der Waals surface area contributed by atoms with Crippen molar-refractivity contribution in [2.24, 2.45) is 0 Å². The number of benzene rings is 6. The van der Waals surface area contributed by atoms with E-state index in [1.54, 1.807) is 46.6 Å².